The molecule has 0 aromatic carbocycles. The SMILES string of the molecule is CC(=O)NCC(=O)N1CCN(CCO)CC1. The number of β-amino-alcohol motifs (C(OH)–C–C–N with tert-alkyl or cyclic N) is 1. The topological polar surface area (TPSA) is 72.9 Å². The van der Waals surface area contributed by atoms with Crippen LogP contribution in [0.2, 0.25) is 0 Å². The number of rotatable bonds is 4. The second-order valence-corrected chi connectivity index (χ2v) is 3.86. The zero-order valence-electron chi connectivity index (χ0n) is 9.61. The maximum Gasteiger partial charge on any atom is 0.242 e. The van der Waals surface area contributed by atoms with Gasteiger partial charge in [-0.2, -0.15) is 0 Å². The van der Waals surface area contributed by atoms with Crippen LogP contribution in [-0.4, -0.2) is 72.6 Å². The molecule has 0 saturated carbocycles. The summed E-state index contributed by atoms with van der Waals surface area (Å²) >= 11 is 0. The van der Waals surface area contributed by atoms with Gasteiger partial charge in [0.2, 0.25) is 11.8 Å². The molecule has 1 heterocycles. The van der Waals surface area contributed by atoms with Gasteiger partial charge in [0.1, 0.15) is 0 Å². The van der Waals surface area contributed by atoms with Gasteiger partial charge in [-0.05, 0) is 0 Å². The van der Waals surface area contributed by atoms with E-state index in [1.54, 1.807) is 4.90 Å². The quantitative estimate of drug-likeness (QED) is 0.600. The van der Waals surface area contributed by atoms with E-state index in [0.29, 0.717) is 19.6 Å². The van der Waals surface area contributed by atoms with Crippen molar-refractivity contribution < 1.29 is 14.7 Å². The standard InChI is InChI=1S/C10H19N3O3/c1-9(15)11-8-10(16)13-4-2-12(3-5-13)6-7-14/h14H,2-8H2,1H3,(H,11,15). The van der Waals surface area contributed by atoms with Gasteiger partial charge in [0.15, 0.2) is 0 Å². The molecule has 2 N–H and O–H groups in total. The van der Waals surface area contributed by atoms with Crippen molar-refractivity contribution in [3.8, 4) is 0 Å². The minimum atomic E-state index is -0.188. The highest BCUT2D eigenvalue weighted by Gasteiger charge is 2.20. The number of amides is 2. The average molecular weight is 229 g/mol. The molecule has 0 radical (unpaired) electrons. The Kier molecular flexibility index (Phi) is 5.21. The maximum absolute atomic E-state index is 11.6. The number of piperazine rings is 1. The van der Waals surface area contributed by atoms with Crippen LogP contribution in [0, 0.1) is 0 Å². The van der Waals surface area contributed by atoms with Crippen molar-refractivity contribution in [2.24, 2.45) is 0 Å². The molecule has 0 unspecified atom stereocenters. The molecule has 16 heavy (non-hydrogen) atoms. The van der Waals surface area contributed by atoms with Crippen LogP contribution in [0.15, 0.2) is 0 Å². The summed E-state index contributed by atoms with van der Waals surface area (Å²) in [6, 6.07) is 0. The summed E-state index contributed by atoms with van der Waals surface area (Å²) in [6.07, 6.45) is 0. The fourth-order valence-corrected chi connectivity index (χ4v) is 1.67. The van der Waals surface area contributed by atoms with E-state index in [1.807, 2.05) is 0 Å². The number of hydrogen-bond acceptors (Lipinski definition) is 4. The lowest BCUT2D eigenvalue weighted by atomic mass is 10.3. The Hall–Kier alpha value is -1.14. The Labute approximate surface area is 95.2 Å². The molecule has 1 fully saturated rings. The van der Waals surface area contributed by atoms with Crippen molar-refractivity contribution >= 4 is 11.8 Å². The highest BCUT2D eigenvalue weighted by Crippen LogP contribution is 2.01. The third kappa shape index (κ3) is 4.16. The summed E-state index contributed by atoms with van der Waals surface area (Å²) in [4.78, 5) is 26.1. The minimum absolute atomic E-state index is 0.0427. The van der Waals surface area contributed by atoms with E-state index < -0.39 is 0 Å². The van der Waals surface area contributed by atoms with Crippen molar-refractivity contribution in [1.82, 2.24) is 15.1 Å². The van der Waals surface area contributed by atoms with Gasteiger partial charge in [-0.3, -0.25) is 14.5 Å². The molecule has 1 saturated heterocycles. The number of carbonyl (C=O) groups excluding carboxylic acids is 2. The summed E-state index contributed by atoms with van der Waals surface area (Å²) < 4.78 is 0. The van der Waals surface area contributed by atoms with Crippen molar-refractivity contribution in [1.29, 1.82) is 0 Å². The number of nitrogens with one attached hydrogen (secondary N) is 1. The number of carbonyl (C=O) groups is 2. The molecule has 92 valence electrons. The van der Waals surface area contributed by atoms with Crippen LogP contribution in [0.5, 0.6) is 0 Å². The first-order valence-electron chi connectivity index (χ1n) is 5.49. The highest BCUT2D eigenvalue weighted by molar-refractivity contribution is 5.83. The van der Waals surface area contributed by atoms with E-state index in [0.717, 1.165) is 13.1 Å². The van der Waals surface area contributed by atoms with Crippen LogP contribution in [0.25, 0.3) is 0 Å². The molecule has 1 aliphatic heterocycles. The van der Waals surface area contributed by atoms with Gasteiger partial charge < -0.3 is 15.3 Å². The van der Waals surface area contributed by atoms with E-state index in [4.69, 9.17) is 5.11 Å². The van der Waals surface area contributed by atoms with E-state index >= 15 is 0 Å². The zero-order valence-corrected chi connectivity index (χ0v) is 9.61. The van der Waals surface area contributed by atoms with Crippen LogP contribution in [0.4, 0.5) is 0 Å². The molecule has 6 heteroatoms. The average Bonchev–Trinajstić information content (AvgIpc) is 2.27. The van der Waals surface area contributed by atoms with Crippen LogP contribution < -0.4 is 5.32 Å². The van der Waals surface area contributed by atoms with Crippen molar-refractivity contribution in [2.45, 2.75) is 6.92 Å². The third-order valence-electron chi connectivity index (χ3n) is 2.63. The summed E-state index contributed by atoms with van der Waals surface area (Å²) in [5.74, 6) is -0.230. The van der Waals surface area contributed by atoms with E-state index in [1.165, 1.54) is 6.92 Å². The van der Waals surface area contributed by atoms with Crippen LogP contribution in [0.1, 0.15) is 6.92 Å². The van der Waals surface area contributed by atoms with Crippen molar-refractivity contribution in [2.75, 3.05) is 45.9 Å². The Balaban J connectivity index is 2.24. The lowest BCUT2D eigenvalue weighted by Gasteiger charge is -2.34. The molecule has 0 bridgehead atoms. The van der Waals surface area contributed by atoms with Gasteiger partial charge >= 0.3 is 0 Å². The van der Waals surface area contributed by atoms with Gasteiger partial charge in [0, 0.05) is 39.6 Å². The summed E-state index contributed by atoms with van der Waals surface area (Å²) in [5.41, 5.74) is 0. The Morgan fingerprint density at radius 3 is 2.38 bits per heavy atom. The van der Waals surface area contributed by atoms with Gasteiger partial charge in [0.25, 0.3) is 0 Å². The highest BCUT2D eigenvalue weighted by atomic mass is 16.3. The molecule has 6 nitrogen and oxygen atoms in total. The number of aliphatic hydroxyl groups is 1. The van der Waals surface area contributed by atoms with Crippen LogP contribution in [0.3, 0.4) is 0 Å². The molecule has 2 amide bonds. The normalized spacial score (nSPS) is 17.2. The number of aliphatic hydroxyl groups excluding tert-OH is 1. The van der Waals surface area contributed by atoms with E-state index in [9.17, 15) is 9.59 Å². The van der Waals surface area contributed by atoms with Gasteiger partial charge in [-0.1, -0.05) is 0 Å². The lowest BCUT2D eigenvalue weighted by Crippen LogP contribution is -2.51. The molecule has 1 rings (SSSR count). The van der Waals surface area contributed by atoms with Gasteiger partial charge in [-0.25, -0.2) is 0 Å². The molecule has 0 aromatic heterocycles. The summed E-state index contributed by atoms with van der Waals surface area (Å²) in [5, 5.41) is 11.3. The first-order valence-corrected chi connectivity index (χ1v) is 5.49. The smallest absolute Gasteiger partial charge is 0.242 e. The molecule has 1 aliphatic rings. The van der Waals surface area contributed by atoms with Crippen molar-refractivity contribution in [3.63, 3.8) is 0 Å². The maximum atomic E-state index is 11.6. The first-order chi connectivity index (χ1) is 7.63. The minimum Gasteiger partial charge on any atom is -0.395 e. The Morgan fingerprint density at radius 2 is 1.88 bits per heavy atom. The van der Waals surface area contributed by atoms with Crippen LogP contribution >= 0.6 is 0 Å². The van der Waals surface area contributed by atoms with Gasteiger partial charge in [-0.15, -0.1) is 0 Å². The van der Waals surface area contributed by atoms with E-state index in [-0.39, 0.29) is 25.0 Å². The second-order valence-electron chi connectivity index (χ2n) is 3.86. The monoisotopic (exact) mass is 229 g/mol. The fraction of sp³-hybridized carbons (Fsp3) is 0.800. The Bertz CT molecular complexity index is 250. The zero-order chi connectivity index (χ0) is 12.0. The molecular weight excluding hydrogens is 210 g/mol. The molecule has 0 aromatic rings. The third-order valence-corrected chi connectivity index (χ3v) is 2.63. The predicted octanol–water partition coefficient (Wildman–Crippen LogP) is -1.74. The first kappa shape index (κ1) is 12.9. The number of hydrogen-bond donors (Lipinski definition) is 2. The molecule has 0 spiro atoms. The summed E-state index contributed by atoms with van der Waals surface area (Å²) in [6.45, 7) is 5.19. The number of nitrogens with zero attached hydrogens (tertiary/aromatic N) is 2. The second kappa shape index (κ2) is 6.44. The van der Waals surface area contributed by atoms with E-state index in [2.05, 4.69) is 10.2 Å². The molecule has 0 atom stereocenters. The van der Waals surface area contributed by atoms with Gasteiger partial charge in [0.05, 0.1) is 13.2 Å². The Morgan fingerprint density at radius 1 is 1.25 bits per heavy atom. The lowest BCUT2D eigenvalue weighted by molar-refractivity contribution is -0.134. The molecule has 0 aliphatic carbocycles. The fourth-order valence-electron chi connectivity index (χ4n) is 1.67. The van der Waals surface area contributed by atoms with Crippen LogP contribution in [-0.2, 0) is 9.59 Å². The molecular formula is C10H19N3O3. The largest absolute Gasteiger partial charge is 0.395 e. The predicted molar refractivity (Wildman–Crippen MR) is 58.8 cm³/mol. The summed E-state index contributed by atoms with van der Waals surface area (Å²) in [7, 11) is 0. The van der Waals surface area contributed by atoms with Crippen molar-refractivity contribution in [3.05, 3.63) is 0 Å².